The normalized spacial score (nSPS) is 21.1. The molecule has 2 atom stereocenters. The average molecular weight is 495 g/mol. The van der Waals surface area contributed by atoms with Crippen LogP contribution in [-0.2, 0) is 28.6 Å². The number of azide groups is 1. The molecule has 11 heteroatoms. The van der Waals surface area contributed by atoms with E-state index in [1.54, 1.807) is 0 Å². The number of fused-ring (bicyclic) bond motifs is 1. The second kappa shape index (κ2) is 10.2. The fourth-order valence-electron chi connectivity index (χ4n) is 3.99. The molecule has 0 aromatic heterocycles. The average Bonchev–Trinajstić information content (AvgIpc) is 2.89. The van der Waals surface area contributed by atoms with Crippen LogP contribution in [0, 0.1) is 0 Å². The van der Waals surface area contributed by atoms with Crippen LogP contribution in [0.4, 0.5) is 0 Å². The Morgan fingerprint density at radius 1 is 1.17 bits per heavy atom. The van der Waals surface area contributed by atoms with Gasteiger partial charge in [0.2, 0.25) is 0 Å². The van der Waals surface area contributed by atoms with Crippen molar-refractivity contribution < 1.29 is 28.6 Å². The molecule has 2 heterocycles. The third-order valence-corrected chi connectivity index (χ3v) is 7.02. The van der Waals surface area contributed by atoms with Crippen molar-refractivity contribution in [2.24, 2.45) is 5.11 Å². The molecular weight excluding hydrogens is 472 g/mol. The van der Waals surface area contributed by atoms with Crippen molar-refractivity contribution in [1.29, 1.82) is 0 Å². The highest BCUT2D eigenvalue weighted by Gasteiger charge is 2.65. The molecular formula is C24H22N4O6S. The van der Waals surface area contributed by atoms with Crippen molar-refractivity contribution in [3.63, 3.8) is 0 Å². The molecule has 0 spiro atoms. The van der Waals surface area contributed by atoms with Crippen LogP contribution < -0.4 is 0 Å². The van der Waals surface area contributed by atoms with E-state index in [2.05, 4.69) is 10.0 Å². The molecule has 1 fully saturated rings. The first kappa shape index (κ1) is 24.3. The number of amides is 1. The molecule has 4 rings (SSSR count). The van der Waals surface area contributed by atoms with Crippen LogP contribution in [0.1, 0.15) is 24.2 Å². The zero-order chi connectivity index (χ0) is 25.0. The van der Waals surface area contributed by atoms with Gasteiger partial charge in [-0.05, 0) is 21.8 Å². The lowest BCUT2D eigenvalue weighted by molar-refractivity contribution is -0.183. The van der Waals surface area contributed by atoms with Crippen LogP contribution in [0.25, 0.3) is 10.4 Å². The number of carbonyl (C=O) groups is 3. The van der Waals surface area contributed by atoms with Crippen molar-refractivity contribution in [2.45, 2.75) is 24.1 Å². The van der Waals surface area contributed by atoms with Gasteiger partial charge in [-0.15, -0.1) is 11.8 Å². The van der Waals surface area contributed by atoms with Crippen molar-refractivity contribution in [2.75, 3.05) is 19.5 Å². The summed E-state index contributed by atoms with van der Waals surface area (Å²) < 4.78 is 16.4. The molecule has 1 saturated heterocycles. The summed E-state index contributed by atoms with van der Waals surface area (Å²) in [6.07, 6.45) is -0.749. The molecule has 2 aromatic rings. The number of carbonyl (C=O) groups excluding carboxylic acids is 3. The van der Waals surface area contributed by atoms with Gasteiger partial charge >= 0.3 is 11.9 Å². The SMILES string of the molecule is CO[C@@]1(N=[N+]=[N-])C(=O)N2C(C(=O)OC(c3ccccc3)c3ccccc3)=C(COC(C)=O)CS[C@@H]21. The van der Waals surface area contributed by atoms with E-state index in [1.807, 2.05) is 60.7 Å². The van der Waals surface area contributed by atoms with E-state index >= 15 is 0 Å². The van der Waals surface area contributed by atoms with Gasteiger partial charge in [0.15, 0.2) is 6.10 Å². The monoisotopic (exact) mass is 494 g/mol. The summed E-state index contributed by atoms with van der Waals surface area (Å²) in [6, 6.07) is 18.4. The van der Waals surface area contributed by atoms with Gasteiger partial charge in [0.05, 0.1) is 0 Å². The van der Waals surface area contributed by atoms with Gasteiger partial charge in [-0.25, -0.2) is 4.79 Å². The summed E-state index contributed by atoms with van der Waals surface area (Å²) in [7, 11) is 1.27. The van der Waals surface area contributed by atoms with E-state index in [4.69, 9.17) is 19.7 Å². The Morgan fingerprint density at radius 2 is 1.77 bits per heavy atom. The highest BCUT2D eigenvalue weighted by atomic mass is 32.2. The number of hydrogen-bond donors (Lipinski definition) is 0. The first-order chi connectivity index (χ1) is 16.9. The predicted octanol–water partition coefficient (Wildman–Crippen LogP) is 3.70. The van der Waals surface area contributed by atoms with Crippen LogP contribution in [0.5, 0.6) is 0 Å². The van der Waals surface area contributed by atoms with Gasteiger partial charge in [0.25, 0.3) is 11.6 Å². The Morgan fingerprint density at radius 3 is 2.29 bits per heavy atom. The van der Waals surface area contributed by atoms with E-state index in [9.17, 15) is 14.4 Å². The number of hydrogen-bond acceptors (Lipinski definition) is 8. The van der Waals surface area contributed by atoms with Crippen LogP contribution in [0.15, 0.2) is 77.0 Å². The second-order valence-electron chi connectivity index (χ2n) is 7.77. The predicted molar refractivity (Wildman–Crippen MR) is 126 cm³/mol. The molecule has 10 nitrogen and oxygen atoms in total. The van der Waals surface area contributed by atoms with Gasteiger partial charge in [0.1, 0.15) is 17.7 Å². The molecule has 1 amide bonds. The number of nitrogens with zero attached hydrogens (tertiary/aromatic N) is 4. The topological polar surface area (TPSA) is 131 Å². The van der Waals surface area contributed by atoms with Crippen LogP contribution in [-0.4, -0.2) is 53.3 Å². The van der Waals surface area contributed by atoms with Crippen LogP contribution in [0.2, 0.25) is 0 Å². The lowest BCUT2D eigenvalue weighted by Crippen LogP contribution is -2.73. The fraction of sp³-hybridized carbons (Fsp3) is 0.292. The zero-order valence-corrected chi connectivity index (χ0v) is 19.8. The molecule has 2 aromatic carbocycles. The molecule has 0 unspecified atom stereocenters. The number of β-lactam (4-membered cyclic amide) rings is 1. The summed E-state index contributed by atoms with van der Waals surface area (Å²) in [5.74, 6) is -1.76. The van der Waals surface area contributed by atoms with Gasteiger partial charge in [0, 0.05) is 30.3 Å². The first-order valence-electron chi connectivity index (χ1n) is 10.7. The largest absolute Gasteiger partial charge is 0.461 e. The fourth-order valence-corrected chi connectivity index (χ4v) is 5.39. The third kappa shape index (κ3) is 4.49. The van der Waals surface area contributed by atoms with E-state index in [1.165, 1.54) is 30.7 Å². The Kier molecular flexibility index (Phi) is 7.11. The maximum absolute atomic E-state index is 13.6. The molecule has 180 valence electrons. The van der Waals surface area contributed by atoms with Crippen LogP contribution in [0.3, 0.4) is 0 Å². The smallest absolute Gasteiger partial charge is 0.356 e. The van der Waals surface area contributed by atoms with E-state index in [0.717, 1.165) is 11.1 Å². The lowest BCUT2D eigenvalue weighted by atomic mass is 9.98. The number of thioether (sulfide) groups is 1. The number of esters is 2. The standard InChI is InChI=1S/C24H22N4O6S/c1-15(29)33-13-18-14-35-23-24(32-2,26-27-25)22(31)28(23)19(18)21(30)34-20(16-9-5-3-6-10-16)17-11-7-4-8-12-17/h3-12,20,23H,13-14H2,1-2H3/t23-,24+/m1/s1. The summed E-state index contributed by atoms with van der Waals surface area (Å²) >= 11 is 1.24. The Balaban J connectivity index is 1.72. The first-order valence-corrected chi connectivity index (χ1v) is 11.7. The Bertz CT molecular complexity index is 1180. The zero-order valence-electron chi connectivity index (χ0n) is 19.0. The molecule has 2 aliphatic rings. The molecule has 0 radical (unpaired) electrons. The highest BCUT2D eigenvalue weighted by Crippen LogP contribution is 2.49. The Labute approximate surface area is 205 Å². The molecule has 0 bridgehead atoms. The van der Waals surface area contributed by atoms with Gasteiger partial charge in [-0.3, -0.25) is 14.5 Å². The summed E-state index contributed by atoms with van der Waals surface area (Å²) in [4.78, 5) is 42.2. The number of ether oxygens (including phenoxy) is 3. The second-order valence-corrected chi connectivity index (χ2v) is 8.84. The highest BCUT2D eigenvalue weighted by molar-refractivity contribution is 8.00. The number of rotatable bonds is 8. The minimum absolute atomic E-state index is 0.0438. The van der Waals surface area contributed by atoms with E-state index in [0.29, 0.717) is 5.57 Å². The third-order valence-electron chi connectivity index (χ3n) is 5.66. The van der Waals surface area contributed by atoms with Crippen molar-refractivity contribution in [3.05, 3.63) is 93.5 Å². The summed E-state index contributed by atoms with van der Waals surface area (Å²) in [6.45, 7) is 1.07. The quantitative estimate of drug-likeness (QED) is 0.180. The Hall–Kier alpha value is -3.79. The summed E-state index contributed by atoms with van der Waals surface area (Å²) in [5, 5.41) is 2.81. The van der Waals surface area contributed by atoms with Crippen molar-refractivity contribution in [1.82, 2.24) is 4.90 Å². The minimum atomic E-state index is -1.77. The van der Waals surface area contributed by atoms with Gasteiger partial charge < -0.3 is 14.2 Å². The molecule has 0 N–H and O–H groups in total. The van der Waals surface area contributed by atoms with E-state index < -0.39 is 35.0 Å². The van der Waals surface area contributed by atoms with Gasteiger partial charge in [-0.1, -0.05) is 60.7 Å². The van der Waals surface area contributed by atoms with E-state index in [-0.39, 0.29) is 18.1 Å². The minimum Gasteiger partial charge on any atom is -0.461 e. The molecule has 2 aliphatic heterocycles. The van der Waals surface area contributed by atoms with Crippen molar-refractivity contribution in [3.8, 4) is 0 Å². The van der Waals surface area contributed by atoms with Gasteiger partial charge in [-0.2, -0.15) is 0 Å². The maximum atomic E-state index is 13.6. The molecule has 0 saturated carbocycles. The number of benzene rings is 2. The number of methoxy groups -OCH3 is 1. The molecule has 0 aliphatic carbocycles. The summed E-state index contributed by atoms with van der Waals surface area (Å²) in [5.41, 5.74) is 9.07. The van der Waals surface area contributed by atoms with Crippen LogP contribution >= 0.6 is 11.8 Å². The molecule has 35 heavy (non-hydrogen) atoms. The maximum Gasteiger partial charge on any atom is 0.356 e. The van der Waals surface area contributed by atoms with Crippen molar-refractivity contribution >= 4 is 29.6 Å². The lowest BCUT2D eigenvalue weighted by Gasteiger charge is -2.54.